The highest BCUT2D eigenvalue weighted by molar-refractivity contribution is 6.31. The number of piperidine rings is 1. The van der Waals surface area contributed by atoms with Crippen LogP contribution in [0, 0.1) is 6.92 Å². The van der Waals surface area contributed by atoms with Gasteiger partial charge in [0.15, 0.2) is 0 Å². The molecule has 2 aromatic rings. The third-order valence-corrected chi connectivity index (χ3v) is 7.12. The van der Waals surface area contributed by atoms with Gasteiger partial charge in [0.2, 0.25) is 0 Å². The van der Waals surface area contributed by atoms with E-state index in [-0.39, 0.29) is 6.03 Å². The molecule has 2 atom stereocenters. The van der Waals surface area contributed by atoms with Gasteiger partial charge in [-0.25, -0.2) is 10.2 Å². The van der Waals surface area contributed by atoms with Gasteiger partial charge in [0.1, 0.15) is 0 Å². The van der Waals surface area contributed by atoms with Gasteiger partial charge in [0.25, 0.3) is 0 Å². The number of rotatable bonds is 5. The van der Waals surface area contributed by atoms with Gasteiger partial charge in [0.05, 0.1) is 5.52 Å². The van der Waals surface area contributed by atoms with Crippen molar-refractivity contribution < 1.29 is 4.79 Å². The standard InChI is InChI=1S/C23H33ClN4O/c1-5-10-27-11-8-9-17-19-12-16(24)13-21-22(19)18(14-20(17)27)15(4)28(21)25-23(29)26(6-2)7-3/h12-13,17,20H,5-11,14H2,1-4H3,(H,25,29)/t17-,20-/m1/s1. The number of amides is 2. The van der Waals surface area contributed by atoms with Gasteiger partial charge in [-0.3, -0.25) is 9.58 Å². The fourth-order valence-corrected chi connectivity index (χ4v) is 5.73. The minimum absolute atomic E-state index is 0.0626. The van der Waals surface area contributed by atoms with E-state index < -0.39 is 0 Å². The monoisotopic (exact) mass is 416 g/mol. The van der Waals surface area contributed by atoms with Gasteiger partial charge in [-0.2, -0.15) is 0 Å². The number of urea groups is 1. The lowest BCUT2D eigenvalue weighted by molar-refractivity contribution is 0.124. The lowest BCUT2D eigenvalue weighted by Crippen LogP contribution is -2.47. The first-order valence-electron chi connectivity index (χ1n) is 11.1. The Labute approximate surface area is 178 Å². The molecule has 0 radical (unpaired) electrons. The zero-order valence-corrected chi connectivity index (χ0v) is 18.9. The van der Waals surface area contributed by atoms with E-state index in [1.165, 1.54) is 42.3 Å². The van der Waals surface area contributed by atoms with Crippen LogP contribution in [-0.2, 0) is 6.42 Å². The molecule has 2 amide bonds. The summed E-state index contributed by atoms with van der Waals surface area (Å²) in [5.74, 6) is 0.526. The fraction of sp³-hybridized carbons (Fsp3) is 0.609. The van der Waals surface area contributed by atoms with E-state index in [4.69, 9.17) is 11.6 Å². The number of hydrogen-bond donors (Lipinski definition) is 1. The molecule has 1 fully saturated rings. The van der Waals surface area contributed by atoms with Gasteiger partial charge in [-0.1, -0.05) is 18.5 Å². The first kappa shape index (κ1) is 20.5. The Hall–Kier alpha value is -1.72. The highest BCUT2D eigenvalue weighted by Crippen LogP contribution is 2.46. The Kier molecular flexibility index (Phi) is 5.80. The smallest absolute Gasteiger partial charge is 0.324 e. The molecule has 1 aliphatic carbocycles. The molecule has 1 aliphatic heterocycles. The molecule has 0 saturated carbocycles. The lowest BCUT2D eigenvalue weighted by atomic mass is 9.74. The van der Waals surface area contributed by atoms with Gasteiger partial charge in [-0.15, -0.1) is 0 Å². The van der Waals surface area contributed by atoms with E-state index in [2.05, 4.69) is 30.2 Å². The molecule has 5 nitrogen and oxygen atoms in total. The van der Waals surface area contributed by atoms with Crippen LogP contribution in [0.4, 0.5) is 4.79 Å². The van der Waals surface area contributed by atoms with E-state index in [1.807, 2.05) is 24.6 Å². The molecule has 1 aromatic heterocycles. The van der Waals surface area contributed by atoms with Crippen molar-refractivity contribution in [3.05, 3.63) is 34.0 Å². The molecule has 0 spiro atoms. The minimum Gasteiger partial charge on any atom is -0.324 e. The Morgan fingerprint density at radius 2 is 2.03 bits per heavy atom. The number of nitrogens with one attached hydrogen (secondary N) is 1. The molecule has 1 aromatic carbocycles. The van der Waals surface area contributed by atoms with Crippen molar-refractivity contribution in [2.24, 2.45) is 0 Å². The van der Waals surface area contributed by atoms with Crippen molar-refractivity contribution in [2.45, 2.75) is 65.3 Å². The zero-order chi connectivity index (χ0) is 20.7. The summed E-state index contributed by atoms with van der Waals surface area (Å²) in [6.45, 7) is 12.1. The summed E-state index contributed by atoms with van der Waals surface area (Å²) in [5, 5.41) is 2.06. The van der Waals surface area contributed by atoms with Crippen molar-refractivity contribution in [3.8, 4) is 0 Å². The molecular formula is C23H33ClN4O. The molecule has 0 bridgehead atoms. The van der Waals surface area contributed by atoms with Crippen LogP contribution < -0.4 is 5.43 Å². The van der Waals surface area contributed by atoms with E-state index in [9.17, 15) is 4.79 Å². The van der Waals surface area contributed by atoms with Gasteiger partial charge < -0.3 is 4.90 Å². The fourth-order valence-electron chi connectivity index (χ4n) is 5.51. The summed E-state index contributed by atoms with van der Waals surface area (Å²) in [5.41, 5.74) is 8.05. The summed E-state index contributed by atoms with van der Waals surface area (Å²) in [6, 6.07) is 4.65. The topological polar surface area (TPSA) is 40.5 Å². The molecule has 29 heavy (non-hydrogen) atoms. The van der Waals surface area contributed by atoms with E-state index in [1.54, 1.807) is 4.90 Å². The second-order valence-corrected chi connectivity index (χ2v) is 8.87. The summed E-state index contributed by atoms with van der Waals surface area (Å²) in [7, 11) is 0. The molecule has 6 heteroatoms. The average molecular weight is 417 g/mol. The van der Waals surface area contributed by atoms with Crippen molar-refractivity contribution in [3.63, 3.8) is 0 Å². The van der Waals surface area contributed by atoms with E-state index in [0.29, 0.717) is 25.0 Å². The second kappa shape index (κ2) is 8.19. The van der Waals surface area contributed by atoms with Crippen LogP contribution in [0.2, 0.25) is 5.02 Å². The van der Waals surface area contributed by atoms with Crippen LogP contribution in [0.1, 0.15) is 62.8 Å². The number of hydrogen-bond acceptors (Lipinski definition) is 2. The third-order valence-electron chi connectivity index (χ3n) is 6.90. The number of carbonyl (C=O) groups excluding carboxylic acids is 1. The summed E-state index contributed by atoms with van der Waals surface area (Å²) in [4.78, 5) is 17.3. The maximum Gasteiger partial charge on any atom is 0.336 e. The number of fused-ring (bicyclic) bond motifs is 2. The molecule has 2 heterocycles. The largest absolute Gasteiger partial charge is 0.336 e. The predicted octanol–water partition coefficient (Wildman–Crippen LogP) is 5.12. The maximum atomic E-state index is 12.8. The van der Waals surface area contributed by atoms with Crippen molar-refractivity contribution in [2.75, 3.05) is 31.6 Å². The number of carbonyl (C=O) groups is 1. The molecule has 2 aliphatic rings. The normalized spacial score (nSPS) is 21.3. The number of nitrogens with zero attached hydrogens (tertiary/aromatic N) is 3. The summed E-state index contributed by atoms with van der Waals surface area (Å²) < 4.78 is 1.97. The molecule has 158 valence electrons. The van der Waals surface area contributed by atoms with Crippen molar-refractivity contribution >= 4 is 28.5 Å². The summed E-state index contributed by atoms with van der Waals surface area (Å²) in [6.07, 6.45) is 4.69. The SMILES string of the molecule is CCCN1CCC[C@@H]2c3cc(Cl)cc4c3c(c(C)n4NC(=O)N(CC)CC)C[C@H]21. The number of likely N-dealkylation sites (tertiary alicyclic amines) is 1. The van der Waals surface area contributed by atoms with E-state index >= 15 is 0 Å². The molecular weight excluding hydrogens is 384 g/mol. The Balaban J connectivity index is 1.82. The number of benzene rings is 1. The Morgan fingerprint density at radius 1 is 1.28 bits per heavy atom. The second-order valence-electron chi connectivity index (χ2n) is 8.43. The quantitative estimate of drug-likeness (QED) is 0.734. The molecule has 1 N–H and O–H groups in total. The van der Waals surface area contributed by atoms with Crippen LogP contribution in [0.3, 0.4) is 0 Å². The van der Waals surface area contributed by atoms with Crippen molar-refractivity contribution in [1.82, 2.24) is 14.5 Å². The Morgan fingerprint density at radius 3 is 2.72 bits per heavy atom. The van der Waals surface area contributed by atoms with Gasteiger partial charge in [0, 0.05) is 41.2 Å². The summed E-state index contributed by atoms with van der Waals surface area (Å²) >= 11 is 6.59. The maximum absolute atomic E-state index is 12.8. The lowest BCUT2D eigenvalue weighted by Gasteiger charge is -2.44. The predicted molar refractivity (Wildman–Crippen MR) is 121 cm³/mol. The van der Waals surface area contributed by atoms with Gasteiger partial charge >= 0.3 is 6.03 Å². The minimum atomic E-state index is -0.0626. The zero-order valence-electron chi connectivity index (χ0n) is 18.1. The van der Waals surface area contributed by atoms with Crippen LogP contribution in [0.15, 0.2) is 12.1 Å². The third kappa shape index (κ3) is 3.42. The van der Waals surface area contributed by atoms with E-state index in [0.717, 1.165) is 29.2 Å². The number of aromatic nitrogens is 1. The highest BCUT2D eigenvalue weighted by atomic mass is 35.5. The van der Waals surface area contributed by atoms with Gasteiger partial charge in [-0.05, 0) is 82.8 Å². The average Bonchev–Trinajstić information content (AvgIpc) is 2.96. The molecule has 1 saturated heterocycles. The molecule has 0 unspecified atom stereocenters. The first-order chi connectivity index (χ1) is 14.0. The molecule has 4 rings (SSSR count). The highest BCUT2D eigenvalue weighted by Gasteiger charge is 2.39. The van der Waals surface area contributed by atoms with Crippen LogP contribution >= 0.6 is 11.6 Å². The van der Waals surface area contributed by atoms with Crippen LogP contribution in [-0.4, -0.2) is 52.7 Å². The number of halogens is 1. The van der Waals surface area contributed by atoms with Crippen molar-refractivity contribution in [1.29, 1.82) is 0 Å². The van der Waals surface area contributed by atoms with Crippen LogP contribution in [0.5, 0.6) is 0 Å². The van der Waals surface area contributed by atoms with Crippen LogP contribution in [0.25, 0.3) is 10.9 Å². The first-order valence-corrected chi connectivity index (χ1v) is 11.5. The Bertz CT molecular complexity index is 915.